The van der Waals surface area contributed by atoms with Crippen molar-refractivity contribution in [2.45, 2.75) is 0 Å². The van der Waals surface area contributed by atoms with Gasteiger partial charge in [0.15, 0.2) is 11.6 Å². The van der Waals surface area contributed by atoms with Crippen molar-refractivity contribution in [2.75, 3.05) is 0 Å². The molecule has 0 aliphatic carbocycles. The maximum Gasteiger partial charge on any atom is 0.184 e. The van der Waals surface area contributed by atoms with Crippen LogP contribution in [0.2, 0.25) is 5.02 Å². The average molecular weight is 222 g/mol. The molecule has 2 aromatic carbocycles. The molecule has 75 valence electrons. The Kier molecular flexibility index (Phi) is 2.88. The van der Waals surface area contributed by atoms with Crippen molar-refractivity contribution in [3.05, 3.63) is 59.4 Å². The minimum absolute atomic E-state index is 0.0448. The third-order valence-corrected chi connectivity index (χ3v) is 2.11. The van der Waals surface area contributed by atoms with Gasteiger partial charge in [0.25, 0.3) is 0 Å². The summed E-state index contributed by atoms with van der Waals surface area (Å²) < 4.78 is 18.7. The molecule has 3 heteroatoms. The molecule has 0 aromatic heterocycles. The highest BCUT2D eigenvalue weighted by molar-refractivity contribution is 6.30. The Hall–Kier alpha value is -1.54. The lowest BCUT2D eigenvalue weighted by molar-refractivity contribution is 0.441. The molecule has 2 aromatic rings. The van der Waals surface area contributed by atoms with Crippen LogP contribution in [0.4, 0.5) is 4.39 Å². The van der Waals surface area contributed by atoms with Crippen molar-refractivity contribution in [3.63, 3.8) is 0 Å². The van der Waals surface area contributed by atoms with Gasteiger partial charge >= 0.3 is 0 Å². The van der Waals surface area contributed by atoms with Gasteiger partial charge in [-0.2, -0.15) is 0 Å². The molecular formula is C12H7ClFO. The molecule has 0 saturated carbocycles. The molecule has 0 N–H and O–H groups in total. The molecule has 0 aliphatic heterocycles. The average Bonchev–Trinajstić information content (AvgIpc) is 2.26. The molecule has 0 unspecified atom stereocenters. The number of ether oxygens (including phenoxy) is 1. The van der Waals surface area contributed by atoms with E-state index in [0.29, 0.717) is 5.75 Å². The topological polar surface area (TPSA) is 9.23 Å². The second kappa shape index (κ2) is 4.32. The summed E-state index contributed by atoms with van der Waals surface area (Å²) in [5.41, 5.74) is 0. The van der Waals surface area contributed by atoms with Crippen molar-refractivity contribution in [2.24, 2.45) is 0 Å². The van der Waals surface area contributed by atoms with Gasteiger partial charge in [-0.25, -0.2) is 4.39 Å². The minimum Gasteiger partial charge on any atom is -0.454 e. The van der Waals surface area contributed by atoms with E-state index in [0.717, 1.165) is 0 Å². The van der Waals surface area contributed by atoms with E-state index in [-0.39, 0.29) is 10.8 Å². The van der Waals surface area contributed by atoms with E-state index in [1.54, 1.807) is 30.3 Å². The van der Waals surface area contributed by atoms with E-state index in [9.17, 15) is 4.39 Å². The lowest BCUT2D eigenvalue weighted by Gasteiger charge is -2.06. The molecule has 0 atom stereocenters. The maximum atomic E-state index is 13.4. The number of benzene rings is 2. The molecule has 1 radical (unpaired) electrons. The Morgan fingerprint density at radius 2 is 2.00 bits per heavy atom. The fourth-order valence-electron chi connectivity index (χ4n) is 1.12. The van der Waals surface area contributed by atoms with Gasteiger partial charge in [0.1, 0.15) is 5.75 Å². The number of rotatable bonds is 2. The van der Waals surface area contributed by atoms with Crippen LogP contribution in [-0.2, 0) is 0 Å². The summed E-state index contributed by atoms with van der Waals surface area (Å²) in [6.45, 7) is 0. The lowest BCUT2D eigenvalue weighted by Crippen LogP contribution is -1.88. The first-order chi connectivity index (χ1) is 7.27. The van der Waals surface area contributed by atoms with E-state index in [1.165, 1.54) is 12.1 Å². The summed E-state index contributed by atoms with van der Waals surface area (Å²) in [5.74, 6) is 0.0000337. The summed E-state index contributed by atoms with van der Waals surface area (Å²) in [6.07, 6.45) is 0. The van der Waals surface area contributed by atoms with Crippen LogP contribution in [-0.4, -0.2) is 0 Å². The maximum absolute atomic E-state index is 13.4. The molecule has 0 heterocycles. The summed E-state index contributed by atoms with van der Waals surface area (Å²) in [7, 11) is 0. The fraction of sp³-hybridized carbons (Fsp3) is 0. The summed E-state index contributed by atoms with van der Waals surface area (Å²) in [4.78, 5) is 0. The van der Waals surface area contributed by atoms with E-state index < -0.39 is 5.82 Å². The lowest BCUT2D eigenvalue weighted by atomic mass is 10.3. The first kappa shape index (κ1) is 9.99. The van der Waals surface area contributed by atoms with Gasteiger partial charge < -0.3 is 4.74 Å². The van der Waals surface area contributed by atoms with Gasteiger partial charge in [-0.05, 0) is 18.2 Å². The van der Waals surface area contributed by atoms with Gasteiger partial charge in [-0.15, -0.1) is 0 Å². The molecule has 1 nitrogen and oxygen atoms in total. The first-order valence-electron chi connectivity index (χ1n) is 4.36. The molecule has 0 amide bonds. The number of para-hydroxylation sites is 1. The molecule has 0 saturated heterocycles. The van der Waals surface area contributed by atoms with Crippen LogP contribution in [0.3, 0.4) is 0 Å². The van der Waals surface area contributed by atoms with Crippen LogP contribution >= 0.6 is 11.6 Å². The Labute approximate surface area is 92.1 Å². The Balaban J connectivity index is 2.29. The third-order valence-electron chi connectivity index (χ3n) is 1.82. The second-order valence-electron chi connectivity index (χ2n) is 2.88. The van der Waals surface area contributed by atoms with E-state index >= 15 is 0 Å². The van der Waals surface area contributed by atoms with Gasteiger partial charge in [-0.3, -0.25) is 0 Å². The Morgan fingerprint density at radius 1 is 1.13 bits per heavy atom. The van der Waals surface area contributed by atoms with Gasteiger partial charge in [0, 0.05) is 6.07 Å². The zero-order valence-electron chi connectivity index (χ0n) is 7.71. The summed E-state index contributed by atoms with van der Waals surface area (Å²) in [5, 5.41) is 0.0448. The van der Waals surface area contributed by atoms with Crippen LogP contribution in [0, 0.1) is 11.9 Å². The smallest absolute Gasteiger partial charge is 0.184 e. The molecule has 2 rings (SSSR count). The highest BCUT2D eigenvalue weighted by Crippen LogP contribution is 2.28. The van der Waals surface area contributed by atoms with Crippen LogP contribution in [0.5, 0.6) is 11.5 Å². The SMILES string of the molecule is Fc1c(Cl)cccc1Oc1[c]cccc1. The first-order valence-corrected chi connectivity index (χ1v) is 4.74. The molecular weight excluding hydrogens is 215 g/mol. The van der Waals surface area contributed by atoms with Gasteiger partial charge in [0.2, 0.25) is 0 Å². The van der Waals surface area contributed by atoms with Crippen LogP contribution in [0.25, 0.3) is 0 Å². The van der Waals surface area contributed by atoms with E-state index in [4.69, 9.17) is 16.3 Å². The predicted molar refractivity (Wildman–Crippen MR) is 56.8 cm³/mol. The van der Waals surface area contributed by atoms with Crippen molar-refractivity contribution in [1.29, 1.82) is 0 Å². The summed E-state index contributed by atoms with van der Waals surface area (Å²) in [6, 6.07) is 14.4. The third kappa shape index (κ3) is 2.28. The van der Waals surface area contributed by atoms with Crippen molar-refractivity contribution < 1.29 is 9.13 Å². The highest BCUT2D eigenvalue weighted by Gasteiger charge is 2.07. The largest absolute Gasteiger partial charge is 0.454 e. The normalized spacial score (nSPS) is 10.0. The number of halogens is 2. The zero-order valence-corrected chi connectivity index (χ0v) is 8.46. The molecule has 0 aliphatic rings. The predicted octanol–water partition coefficient (Wildman–Crippen LogP) is 4.07. The fourth-order valence-corrected chi connectivity index (χ4v) is 1.29. The van der Waals surface area contributed by atoms with Crippen LogP contribution < -0.4 is 4.74 Å². The van der Waals surface area contributed by atoms with Gasteiger partial charge in [-0.1, -0.05) is 35.9 Å². The molecule has 0 bridgehead atoms. The van der Waals surface area contributed by atoms with Crippen LogP contribution in [0.1, 0.15) is 0 Å². The van der Waals surface area contributed by atoms with E-state index in [2.05, 4.69) is 6.07 Å². The molecule has 0 fully saturated rings. The standard InChI is InChI=1S/C12H7ClFO/c13-10-7-4-8-11(12(10)14)15-9-5-2-1-3-6-9/h1-5,7-8H. The minimum atomic E-state index is -0.559. The van der Waals surface area contributed by atoms with Crippen molar-refractivity contribution >= 4 is 11.6 Å². The zero-order chi connectivity index (χ0) is 10.7. The second-order valence-corrected chi connectivity index (χ2v) is 3.29. The van der Waals surface area contributed by atoms with Gasteiger partial charge in [0.05, 0.1) is 5.02 Å². The van der Waals surface area contributed by atoms with Crippen molar-refractivity contribution in [3.8, 4) is 11.5 Å². The van der Waals surface area contributed by atoms with Crippen LogP contribution in [0.15, 0.2) is 42.5 Å². The molecule has 15 heavy (non-hydrogen) atoms. The summed E-state index contributed by atoms with van der Waals surface area (Å²) >= 11 is 5.61. The Morgan fingerprint density at radius 3 is 2.73 bits per heavy atom. The molecule has 0 spiro atoms. The Bertz CT molecular complexity index is 456. The quantitative estimate of drug-likeness (QED) is 0.743. The van der Waals surface area contributed by atoms with E-state index in [1.807, 2.05) is 0 Å². The van der Waals surface area contributed by atoms with Crippen molar-refractivity contribution in [1.82, 2.24) is 0 Å². The highest BCUT2D eigenvalue weighted by atomic mass is 35.5. The number of hydrogen-bond acceptors (Lipinski definition) is 1. The number of hydrogen-bond donors (Lipinski definition) is 0. The monoisotopic (exact) mass is 221 g/mol.